The van der Waals surface area contributed by atoms with Crippen LogP contribution in [0.3, 0.4) is 0 Å². The zero-order chi connectivity index (χ0) is 50.0. The van der Waals surface area contributed by atoms with E-state index in [0.717, 1.165) is 114 Å². The summed E-state index contributed by atoms with van der Waals surface area (Å²) in [5.41, 5.74) is 11.6. The molecule has 0 amide bonds. The van der Waals surface area contributed by atoms with E-state index in [0.29, 0.717) is 37.6 Å². The van der Waals surface area contributed by atoms with E-state index in [2.05, 4.69) is 136 Å². The maximum atomic E-state index is 11.5. The molecule has 71 heavy (non-hydrogen) atoms. The molecule has 0 spiro atoms. The van der Waals surface area contributed by atoms with Crippen molar-refractivity contribution in [3.63, 3.8) is 0 Å². The molecule has 6 aromatic rings. The van der Waals surface area contributed by atoms with Crippen LogP contribution < -0.4 is 9.47 Å². The lowest BCUT2D eigenvalue weighted by Crippen LogP contribution is -2.25. The Bertz CT molecular complexity index is 2500. The van der Waals surface area contributed by atoms with E-state index < -0.39 is 0 Å². The van der Waals surface area contributed by atoms with Crippen LogP contribution in [-0.2, 0) is 24.5 Å². The van der Waals surface area contributed by atoms with Gasteiger partial charge in [0.15, 0.2) is 0 Å². The Hall–Kier alpha value is -5.70. The van der Waals surface area contributed by atoms with E-state index in [9.17, 15) is 9.59 Å². The van der Waals surface area contributed by atoms with Gasteiger partial charge in [-0.05, 0) is 182 Å². The Morgan fingerprint density at radius 1 is 0.437 bits per heavy atom. The van der Waals surface area contributed by atoms with Gasteiger partial charge in [-0.2, -0.15) is 0 Å². The molecule has 0 atom stereocenters. The maximum absolute atomic E-state index is 11.5. The van der Waals surface area contributed by atoms with E-state index in [-0.39, 0.29) is 17.4 Å². The fraction of sp³-hybridized carbons (Fsp3) is 0.397. The van der Waals surface area contributed by atoms with Gasteiger partial charge < -0.3 is 18.9 Å². The second-order valence-corrected chi connectivity index (χ2v) is 21.4. The number of hydrogen-bond acceptors (Lipinski definition) is 8. The summed E-state index contributed by atoms with van der Waals surface area (Å²) in [6, 6.07) is 40.7. The van der Waals surface area contributed by atoms with Gasteiger partial charge in [-0.1, -0.05) is 115 Å². The standard InChI is InChI=1S/C63H74O6S2/c1-7-37-63(38-8-2)55-43-49(59-35-33-57(70-59)47-21-27-51(28-22-47)66-39-17-13-9-11-15-19-41-68-61(64)45(3)4)25-31-53(55)54-32-26-50(44-56(54)63)60-36-34-58(71-60)48-23-29-52(30-24-48)67-40-18-14-10-12-16-20-42-69-62(65)46(5)6/h21-36,43-44H,3,5,7-20,37-42H2,1-2,4,6H3. The molecule has 2 aromatic heterocycles. The predicted octanol–water partition coefficient (Wildman–Crippen LogP) is 18.0. The lowest BCUT2D eigenvalue weighted by molar-refractivity contribution is -0.139. The minimum absolute atomic E-state index is 0.0305. The van der Waals surface area contributed by atoms with Gasteiger partial charge in [-0.3, -0.25) is 0 Å². The van der Waals surface area contributed by atoms with Crippen LogP contribution in [0.4, 0.5) is 0 Å². The molecule has 0 radical (unpaired) electrons. The van der Waals surface area contributed by atoms with Crippen LogP contribution in [-0.4, -0.2) is 38.4 Å². The van der Waals surface area contributed by atoms with Gasteiger partial charge in [0, 0.05) is 36.1 Å². The molecule has 6 nitrogen and oxygen atoms in total. The number of hydrogen-bond donors (Lipinski definition) is 0. The average Bonchev–Trinajstić information content (AvgIpc) is 4.14. The monoisotopic (exact) mass is 990 g/mol. The minimum Gasteiger partial charge on any atom is -0.494 e. The number of thiophene rings is 2. The highest BCUT2D eigenvalue weighted by atomic mass is 32.1. The largest absolute Gasteiger partial charge is 0.494 e. The van der Waals surface area contributed by atoms with Crippen LogP contribution >= 0.6 is 22.7 Å². The van der Waals surface area contributed by atoms with Crippen molar-refractivity contribution in [2.45, 2.75) is 136 Å². The van der Waals surface area contributed by atoms with E-state index >= 15 is 0 Å². The first-order valence-electron chi connectivity index (χ1n) is 26.2. The highest BCUT2D eigenvalue weighted by Gasteiger charge is 2.42. The smallest absolute Gasteiger partial charge is 0.333 e. The third-order valence-corrected chi connectivity index (χ3v) is 15.9. The molecule has 0 saturated heterocycles. The summed E-state index contributed by atoms with van der Waals surface area (Å²) in [7, 11) is 0. The highest BCUT2D eigenvalue weighted by molar-refractivity contribution is 7.19. The van der Waals surface area contributed by atoms with Gasteiger partial charge in [0.25, 0.3) is 0 Å². The number of carbonyl (C=O) groups excluding carboxylic acids is 2. The molecule has 0 bridgehead atoms. The Morgan fingerprint density at radius 2 is 0.761 bits per heavy atom. The molecule has 8 heteroatoms. The van der Waals surface area contributed by atoms with Crippen molar-refractivity contribution in [2.75, 3.05) is 26.4 Å². The van der Waals surface area contributed by atoms with Gasteiger partial charge in [-0.25, -0.2) is 9.59 Å². The number of fused-ring (bicyclic) bond motifs is 3. The third-order valence-electron chi connectivity index (χ3n) is 13.6. The molecule has 0 saturated carbocycles. The molecule has 1 aliphatic carbocycles. The molecule has 0 fully saturated rings. The van der Waals surface area contributed by atoms with Crippen LogP contribution in [0.25, 0.3) is 52.9 Å². The molecule has 0 N–H and O–H groups in total. The topological polar surface area (TPSA) is 71.1 Å². The normalized spacial score (nSPS) is 12.3. The summed E-state index contributed by atoms with van der Waals surface area (Å²) >= 11 is 3.72. The molecule has 7 rings (SSSR count). The summed E-state index contributed by atoms with van der Waals surface area (Å²) in [6.07, 6.45) is 17.3. The highest BCUT2D eigenvalue weighted by Crippen LogP contribution is 2.56. The van der Waals surface area contributed by atoms with E-state index in [4.69, 9.17) is 18.9 Å². The minimum atomic E-state index is -0.296. The lowest BCUT2D eigenvalue weighted by Gasteiger charge is -2.32. The second-order valence-electron chi connectivity index (χ2n) is 19.3. The van der Waals surface area contributed by atoms with Gasteiger partial charge in [0.1, 0.15) is 11.5 Å². The van der Waals surface area contributed by atoms with Crippen LogP contribution in [0, 0.1) is 0 Å². The van der Waals surface area contributed by atoms with Crippen molar-refractivity contribution in [2.24, 2.45) is 0 Å². The van der Waals surface area contributed by atoms with E-state index in [1.54, 1.807) is 13.8 Å². The molecule has 1 aliphatic rings. The van der Waals surface area contributed by atoms with Gasteiger partial charge >= 0.3 is 11.9 Å². The van der Waals surface area contributed by atoms with E-state index in [1.807, 2.05) is 22.7 Å². The Kier molecular flexibility index (Phi) is 19.9. The van der Waals surface area contributed by atoms with Crippen LogP contribution in [0.1, 0.15) is 142 Å². The van der Waals surface area contributed by atoms with Crippen LogP contribution in [0.5, 0.6) is 11.5 Å². The van der Waals surface area contributed by atoms with Crippen molar-refractivity contribution in [1.82, 2.24) is 0 Å². The first kappa shape index (κ1) is 53.1. The van der Waals surface area contributed by atoms with Gasteiger partial charge in [0.2, 0.25) is 0 Å². The van der Waals surface area contributed by atoms with Crippen LogP contribution in [0.2, 0.25) is 0 Å². The molecule has 0 aliphatic heterocycles. The van der Waals surface area contributed by atoms with Gasteiger partial charge in [0.05, 0.1) is 26.4 Å². The Labute approximate surface area is 432 Å². The zero-order valence-electron chi connectivity index (χ0n) is 42.7. The average molecular weight is 991 g/mol. The summed E-state index contributed by atoms with van der Waals surface area (Å²) < 4.78 is 22.6. The fourth-order valence-electron chi connectivity index (χ4n) is 9.82. The lowest BCUT2D eigenvalue weighted by atomic mass is 9.71. The van der Waals surface area contributed by atoms with Crippen molar-refractivity contribution < 1.29 is 28.5 Å². The van der Waals surface area contributed by atoms with Crippen LogP contribution in [0.15, 0.2) is 133 Å². The number of benzene rings is 4. The summed E-state index contributed by atoms with van der Waals surface area (Å²) in [5.74, 6) is 1.23. The van der Waals surface area contributed by atoms with Crippen molar-refractivity contribution in [3.8, 4) is 64.4 Å². The summed E-state index contributed by atoms with van der Waals surface area (Å²) in [5, 5.41) is 0. The zero-order valence-corrected chi connectivity index (χ0v) is 44.3. The predicted molar refractivity (Wildman–Crippen MR) is 298 cm³/mol. The molecule has 0 unspecified atom stereocenters. The Morgan fingerprint density at radius 3 is 1.11 bits per heavy atom. The molecule has 374 valence electrons. The number of carbonyl (C=O) groups is 2. The first-order valence-corrected chi connectivity index (χ1v) is 27.8. The fourth-order valence-corrected chi connectivity index (χ4v) is 11.8. The SMILES string of the molecule is C=C(C)C(=O)OCCCCCCCCOc1ccc(-c2ccc(-c3ccc4c(c3)C(CCC)(CCC)c3cc(-c5ccc(-c6ccc(OCCCCCCCCOC(=O)C(=C)C)cc6)s5)ccc3-4)s2)cc1. The molecular weight excluding hydrogens is 917 g/mol. The summed E-state index contributed by atoms with van der Waals surface area (Å²) in [6.45, 7) is 17.7. The third kappa shape index (κ3) is 14.3. The first-order chi connectivity index (χ1) is 34.6. The molecule has 4 aromatic carbocycles. The number of esters is 2. The van der Waals surface area contributed by atoms with E-state index in [1.165, 1.54) is 64.0 Å². The number of rotatable bonds is 30. The maximum Gasteiger partial charge on any atom is 0.333 e. The van der Waals surface area contributed by atoms with Crippen molar-refractivity contribution in [3.05, 3.63) is 145 Å². The van der Waals surface area contributed by atoms with Crippen molar-refractivity contribution in [1.29, 1.82) is 0 Å². The second kappa shape index (κ2) is 26.7. The number of unbranched alkanes of at least 4 members (excludes halogenated alkanes) is 10. The Balaban J connectivity index is 0.922. The molecule has 2 heterocycles. The van der Waals surface area contributed by atoms with Crippen molar-refractivity contribution >= 4 is 34.6 Å². The van der Waals surface area contributed by atoms with Gasteiger partial charge in [-0.15, -0.1) is 22.7 Å². The molecular formula is C63H74O6S2. The quantitative estimate of drug-likeness (QED) is 0.0254. The number of ether oxygens (including phenoxy) is 4. The summed E-state index contributed by atoms with van der Waals surface area (Å²) in [4.78, 5) is 28.1.